The Morgan fingerprint density at radius 2 is 1.67 bits per heavy atom. The molecule has 0 N–H and O–H groups in total. The lowest BCUT2D eigenvalue weighted by Gasteiger charge is -2.23. The van der Waals surface area contributed by atoms with Gasteiger partial charge < -0.3 is 9.64 Å². The zero-order valence-corrected chi connectivity index (χ0v) is 21.7. The monoisotopic (exact) mass is 573 g/mol. The van der Waals surface area contributed by atoms with E-state index in [9.17, 15) is 9.59 Å². The Hall–Kier alpha value is -2.45. The third-order valence-corrected chi connectivity index (χ3v) is 6.92. The Labute approximate surface area is 213 Å². The highest BCUT2D eigenvalue weighted by atomic mass is 127. The Morgan fingerprint density at radius 3 is 2.33 bits per heavy atom. The molecular weight excluding hydrogens is 545 g/mol. The molecule has 3 rings (SSSR count). The van der Waals surface area contributed by atoms with Crippen LogP contribution in [-0.2, 0) is 4.74 Å². The minimum absolute atomic E-state index is 0.251. The fourth-order valence-corrected chi connectivity index (χ4v) is 4.47. The summed E-state index contributed by atoms with van der Waals surface area (Å²) >= 11 is 3.71. The van der Waals surface area contributed by atoms with Crippen LogP contribution < -0.4 is 4.90 Å². The molecule has 0 saturated heterocycles. The van der Waals surface area contributed by atoms with Gasteiger partial charge in [-0.1, -0.05) is 18.2 Å². The average molecular weight is 573 g/mol. The predicted octanol–water partition coefficient (Wildman–Crippen LogP) is 7.19. The van der Waals surface area contributed by atoms with Gasteiger partial charge >= 0.3 is 5.97 Å². The highest BCUT2D eigenvalue weighted by molar-refractivity contribution is 14.1. The van der Waals surface area contributed by atoms with Crippen LogP contribution in [0, 0.1) is 3.57 Å². The van der Waals surface area contributed by atoms with Gasteiger partial charge in [-0.3, -0.25) is 4.79 Å². The van der Waals surface area contributed by atoms with Crippen molar-refractivity contribution >= 4 is 64.0 Å². The first-order chi connectivity index (χ1) is 16.1. The molecule has 0 atom stereocenters. The number of rotatable bonds is 12. The van der Waals surface area contributed by atoms with E-state index >= 15 is 0 Å². The molecule has 0 bridgehead atoms. The molecule has 3 aromatic rings. The Morgan fingerprint density at radius 1 is 0.939 bits per heavy atom. The molecule has 0 fully saturated rings. The molecule has 1 heterocycles. The second kappa shape index (κ2) is 13.3. The van der Waals surface area contributed by atoms with E-state index in [4.69, 9.17) is 4.74 Å². The van der Waals surface area contributed by atoms with Gasteiger partial charge in [-0.05, 0) is 109 Å². The number of carbonyl (C=O) groups is 2. The van der Waals surface area contributed by atoms with Crippen LogP contribution in [0.25, 0.3) is 12.2 Å². The maximum absolute atomic E-state index is 12.0. The molecular formula is C27H28INO3S. The second-order valence-electron chi connectivity index (χ2n) is 7.57. The molecule has 6 heteroatoms. The summed E-state index contributed by atoms with van der Waals surface area (Å²) in [6, 6.07) is 19.8. The van der Waals surface area contributed by atoms with Crippen molar-refractivity contribution in [2.24, 2.45) is 0 Å². The lowest BCUT2D eigenvalue weighted by Crippen LogP contribution is -2.23. The van der Waals surface area contributed by atoms with Gasteiger partial charge in [0.2, 0.25) is 0 Å². The molecule has 0 saturated carbocycles. The molecule has 0 spiro atoms. The summed E-state index contributed by atoms with van der Waals surface area (Å²) in [6.07, 6.45) is 7.92. The molecule has 172 valence electrons. The minimum Gasteiger partial charge on any atom is -0.462 e. The van der Waals surface area contributed by atoms with Crippen LogP contribution in [0.1, 0.15) is 56.7 Å². The van der Waals surface area contributed by atoms with Crippen LogP contribution in [0.5, 0.6) is 0 Å². The number of nitrogens with zero attached hydrogens (tertiary/aromatic N) is 1. The lowest BCUT2D eigenvalue weighted by atomic mass is 10.1. The van der Waals surface area contributed by atoms with Gasteiger partial charge in [-0.2, -0.15) is 0 Å². The Bertz CT molecular complexity index is 1060. The number of anilines is 1. The summed E-state index contributed by atoms with van der Waals surface area (Å²) in [4.78, 5) is 27.0. The number of unbranched alkanes of at least 4 members (excludes halogenated alkanes) is 2. The number of hydrogen-bond acceptors (Lipinski definition) is 5. The van der Waals surface area contributed by atoms with Crippen molar-refractivity contribution < 1.29 is 14.3 Å². The van der Waals surface area contributed by atoms with Crippen LogP contribution in [0.15, 0.2) is 60.7 Å². The SMILES string of the molecule is CCN(CCCCCOC(=O)c1ccc(I)cc1)c1ccc(/C=C/c2ccc(C=O)s2)cc1. The molecule has 0 unspecified atom stereocenters. The van der Waals surface area contributed by atoms with Crippen molar-refractivity contribution in [3.63, 3.8) is 0 Å². The number of carbonyl (C=O) groups excluding carboxylic acids is 2. The third-order valence-electron chi connectivity index (χ3n) is 5.23. The van der Waals surface area contributed by atoms with E-state index in [2.05, 4.69) is 64.8 Å². The summed E-state index contributed by atoms with van der Waals surface area (Å²) in [5.41, 5.74) is 2.94. The first-order valence-corrected chi connectivity index (χ1v) is 13.0. The summed E-state index contributed by atoms with van der Waals surface area (Å²) in [5, 5.41) is 0. The first-order valence-electron chi connectivity index (χ1n) is 11.1. The van der Waals surface area contributed by atoms with Gasteiger partial charge in [0.05, 0.1) is 17.0 Å². The molecule has 2 aromatic carbocycles. The van der Waals surface area contributed by atoms with E-state index in [1.165, 1.54) is 17.0 Å². The van der Waals surface area contributed by atoms with E-state index < -0.39 is 0 Å². The van der Waals surface area contributed by atoms with Gasteiger partial charge in [0.15, 0.2) is 6.29 Å². The summed E-state index contributed by atoms with van der Waals surface area (Å²) in [6.45, 7) is 4.54. The Kier molecular flexibility index (Phi) is 10.2. The third kappa shape index (κ3) is 8.12. The van der Waals surface area contributed by atoms with Crippen molar-refractivity contribution in [2.75, 3.05) is 24.6 Å². The molecule has 0 amide bonds. The van der Waals surface area contributed by atoms with Crippen molar-refractivity contribution in [1.82, 2.24) is 0 Å². The molecule has 1 aromatic heterocycles. The smallest absolute Gasteiger partial charge is 0.338 e. The predicted molar refractivity (Wildman–Crippen MR) is 146 cm³/mol. The molecule has 0 aliphatic heterocycles. The highest BCUT2D eigenvalue weighted by Gasteiger charge is 2.07. The standard InChI is InChI=1S/C27H28INO3S/c1-2-29(18-4-3-5-19-32-27(31)22-9-11-23(28)12-10-22)24-13-6-21(7-14-24)8-15-25-16-17-26(20-30)33-25/h6-17,20H,2-5,18-19H2,1H3/b15-8+. The number of esters is 1. The fraction of sp³-hybridized carbons (Fsp3) is 0.259. The molecule has 33 heavy (non-hydrogen) atoms. The normalized spacial score (nSPS) is 11.0. The van der Waals surface area contributed by atoms with Crippen LogP contribution in [0.3, 0.4) is 0 Å². The highest BCUT2D eigenvalue weighted by Crippen LogP contribution is 2.20. The number of ether oxygens (including phenoxy) is 1. The fourth-order valence-electron chi connectivity index (χ4n) is 3.38. The van der Waals surface area contributed by atoms with Crippen molar-refractivity contribution in [3.8, 4) is 0 Å². The van der Waals surface area contributed by atoms with Gasteiger partial charge in [-0.25, -0.2) is 4.79 Å². The average Bonchev–Trinajstić information content (AvgIpc) is 3.31. The molecule has 0 aliphatic carbocycles. The number of hydrogen-bond donors (Lipinski definition) is 0. The Balaban J connectivity index is 1.39. The van der Waals surface area contributed by atoms with Crippen LogP contribution in [-0.4, -0.2) is 32.0 Å². The first kappa shape index (κ1) is 25.2. The molecule has 0 aliphatic rings. The zero-order valence-electron chi connectivity index (χ0n) is 18.7. The van der Waals surface area contributed by atoms with Crippen molar-refractivity contribution in [3.05, 3.63) is 85.1 Å². The van der Waals surface area contributed by atoms with E-state index in [0.29, 0.717) is 12.2 Å². The van der Waals surface area contributed by atoms with Crippen LogP contribution in [0.4, 0.5) is 5.69 Å². The topological polar surface area (TPSA) is 46.6 Å². The zero-order chi connectivity index (χ0) is 23.5. The van der Waals surface area contributed by atoms with Crippen LogP contribution in [0.2, 0.25) is 0 Å². The maximum Gasteiger partial charge on any atom is 0.338 e. The summed E-state index contributed by atoms with van der Waals surface area (Å²) in [7, 11) is 0. The second-order valence-corrected chi connectivity index (χ2v) is 9.96. The molecule has 4 nitrogen and oxygen atoms in total. The minimum atomic E-state index is -0.251. The number of aldehydes is 1. The van der Waals surface area contributed by atoms with Crippen molar-refractivity contribution in [1.29, 1.82) is 0 Å². The van der Waals surface area contributed by atoms with E-state index in [0.717, 1.165) is 57.5 Å². The maximum atomic E-state index is 12.0. The quantitative estimate of drug-likeness (QED) is 0.0996. The van der Waals surface area contributed by atoms with E-state index in [-0.39, 0.29) is 5.97 Å². The summed E-state index contributed by atoms with van der Waals surface area (Å²) < 4.78 is 6.48. The molecule has 0 radical (unpaired) electrons. The van der Waals surface area contributed by atoms with Gasteiger partial charge in [-0.15, -0.1) is 11.3 Å². The number of halogens is 1. The van der Waals surface area contributed by atoms with E-state index in [1.54, 1.807) is 12.1 Å². The van der Waals surface area contributed by atoms with Gasteiger partial charge in [0, 0.05) is 27.2 Å². The lowest BCUT2D eigenvalue weighted by molar-refractivity contribution is 0.0498. The van der Waals surface area contributed by atoms with Crippen LogP contribution >= 0.6 is 33.9 Å². The largest absolute Gasteiger partial charge is 0.462 e. The number of benzene rings is 2. The van der Waals surface area contributed by atoms with Crippen molar-refractivity contribution in [2.45, 2.75) is 26.2 Å². The van der Waals surface area contributed by atoms with E-state index in [1.807, 2.05) is 30.3 Å². The number of thiophene rings is 1. The van der Waals surface area contributed by atoms with Gasteiger partial charge in [0.25, 0.3) is 0 Å². The van der Waals surface area contributed by atoms with Gasteiger partial charge in [0.1, 0.15) is 0 Å². The summed E-state index contributed by atoms with van der Waals surface area (Å²) in [5.74, 6) is -0.251.